The van der Waals surface area contributed by atoms with Crippen LogP contribution in [0.3, 0.4) is 0 Å². The predicted octanol–water partition coefficient (Wildman–Crippen LogP) is 1.43. The first-order valence-corrected chi connectivity index (χ1v) is 7.27. The van der Waals surface area contributed by atoms with Crippen LogP contribution in [0.1, 0.15) is 44.0 Å². The minimum atomic E-state index is -0.476. The number of anilines is 1. The number of carbonyl (C=O) groups is 3. The highest BCUT2D eigenvalue weighted by Gasteiger charge is 2.27. The van der Waals surface area contributed by atoms with Crippen LogP contribution in [0.4, 0.5) is 5.69 Å². The standard InChI is InChI=1S/C16H21N3O3/c1-16(2,3)19-14(21)10-4-6-11(7-5-10)17-15(22)12-8-9-13(20)18-12/h4-7,12H,8-9H2,1-3H3,(H,17,22)(H,18,20)(H,19,21)/t12-/m0/s1. The van der Waals surface area contributed by atoms with Crippen molar-refractivity contribution in [1.29, 1.82) is 0 Å². The molecule has 1 aliphatic heterocycles. The average molecular weight is 303 g/mol. The highest BCUT2D eigenvalue weighted by atomic mass is 16.2. The van der Waals surface area contributed by atoms with Crippen molar-refractivity contribution in [1.82, 2.24) is 10.6 Å². The van der Waals surface area contributed by atoms with Crippen molar-refractivity contribution in [3.05, 3.63) is 29.8 Å². The molecule has 6 heteroatoms. The summed E-state index contributed by atoms with van der Waals surface area (Å²) in [4.78, 5) is 35.1. The Labute approximate surface area is 129 Å². The molecule has 0 bridgehead atoms. The lowest BCUT2D eigenvalue weighted by molar-refractivity contribution is -0.122. The van der Waals surface area contributed by atoms with Gasteiger partial charge in [0.05, 0.1) is 0 Å². The minimum absolute atomic E-state index is 0.102. The highest BCUT2D eigenvalue weighted by Crippen LogP contribution is 2.13. The van der Waals surface area contributed by atoms with Crippen LogP contribution in [0.15, 0.2) is 24.3 Å². The molecule has 22 heavy (non-hydrogen) atoms. The van der Waals surface area contributed by atoms with Crippen molar-refractivity contribution in [3.8, 4) is 0 Å². The Morgan fingerprint density at radius 2 is 1.82 bits per heavy atom. The molecule has 1 atom stereocenters. The van der Waals surface area contributed by atoms with Gasteiger partial charge < -0.3 is 16.0 Å². The van der Waals surface area contributed by atoms with E-state index in [1.807, 2.05) is 20.8 Å². The lowest BCUT2D eigenvalue weighted by Gasteiger charge is -2.20. The fourth-order valence-electron chi connectivity index (χ4n) is 2.16. The Morgan fingerprint density at radius 1 is 1.18 bits per heavy atom. The summed E-state index contributed by atoms with van der Waals surface area (Å²) < 4.78 is 0. The molecular weight excluding hydrogens is 282 g/mol. The van der Waals surface area contributed by atoms with Gasteiger partial charge in [0.15, 0.2) is 0 Å². The largest absolute Gasteiger partial charge is 0.347 e. The molecule has 0 radical (unpaired) electrons. The van der Waals surface area contributed by atoms with Gasteiger partial charge in [0.25, 0.3) is 5.91 Å². The summed E-state index contributed by atoms with van der Waals surface area (Å²) in [6.07, 6.45) is 0.890. The Balaban J connectivity index is 1.96. The average Bonchev–Trinajstić information content (AvgIpc) is 2.84. The monoisotopic (exact) mass is 303 g/mol. The summed E-state index contributed by atoms with van der Waals surface area (Å²) in [5.74, 6) is -0.500. The third-order valence-electron chi connectivity index (χ3n) is 3.21. The highest BCUT2D eigenvalue weighted by molar-refractivity contribution is 5.99. The minimum Gasteiger partial charge on any atom is -0.347 e. The van der Waals surface area contributed by atoms with Crippen LogP contribution in [-0.2, 0) is 9.59 Å². The summed E-state index contributed by atoms with van der Waals surface area (Å²) >= 11 is 0. The Morgan fingerprint density at radius 3 is 2.32 bits per heavy atom. The summed E-state index contributed by atoms with van der Waals surface area (Å²) in [5.41, 5.74) is 0.825. The van der Waals surface area contributed by atoms with E-state index in [1.54, 1.807) is 24.3 Å². The lowest BCUT2D eigenvalue weighted by Crippen LogP contribution is -2.40. The van der Waals surface area contributed by atoms with Gasteiger partial charge >= 0.3 is 0 Å². The Bertz CT molecular complexity index is 588. The van der Waals surface area contributed by atoms with E-state index < -0.39 is 6.04 Å². The van der Waals surface area contributed by atoms with E-state index in [-0.39, 0.29) is 23.3 Å². The molecule has 6 nitrogen and oxygen atoms in total. The van der Waals surface area contributed by atoms with Crippen molar-refractivity contribution in [2.24, 2.45) is 0 Å². The Hall–Kier alpha value is -2.37. The van der Waals surface area contributed by atoms with Crippen LogP contribution < -0.4 is 16.0 Å². The third kappa shape index (κ3) is 4.31. The van der Waals surface area contributed by atoms with E-state index in [1.165, 1.54) is 0 Å². The summed E-state index contributed by atoms with van der Waals surface area (Å²) in [6.45, 7) is 5.74. The molecule has 3 N–H and O–H groups in total. The van der Waals surface area contributed by atoms with Crippen molar-refractivity contribution >= 4 is 23.4 Å². The number of hydrogen-bond donors (Lipinski definition) is 3. The quantitative estimate of drug-likeness (QED) is 0.789. The fourth-order valence-corrected chi connectivity index (χ4v) is 2.16. The van der Waals surface area contributed by atoms with Gasteiger partial charge in [0.2, 0.25) is 11.8 Å². The van der Waals surface area contributed by atoms with E-state index in [0.717, 1.165) is 0 Å². The lowest BCUT2D eigenvalue weighted by atomic mass is 10.1. The first kappa shape index (κ1) is 16.0. The molecule has 2 rings (SSSR count). The van der Waals surface area contributed by atoms with Crippen molar-refractivity contribution in [3.63, 3.8) is 0 Å². The van der Waals surface area contributed by atoms with Crippen LogP contribution in [0.25, 0.3) is 0 Å². The van der Waals surface area contributed by atoms with Gasteiger partial charge in [0.1, 0.15) is 6.04 Å². The molecule has 0 aliphatic carbocycles. The summed E-state index contributed by atoms with van der Waals surface area (Å²) in [5, 5.41) is 8.22. The molecule has 3 amide bonds. The fraction of sp³-hybridized carbons (Fsp3) is 0.438. The molecule has 1 fully saturated rings. The molecule has 1 aromatic carbocycles. The zero-order chi connectivity index (χ0) is 16.3. The number of hydrogen-bond acceptors (Lipinski definition) is 3. The number of rotatable bonds is 3. The van der Waals surface area contributed by atoms with Gasteiger partial charge in [0, 0.05) is 23.2 Å². The molecular formula is C16H21N3O3. The van der Waals surface area contributed by atoms with E-state index in [2.05, 4.69) is 16.0 Å². The van der Waals surface area contributed by atoms with Gasteiger partial charge in [-0.05, 0) is 51.5 Å². The SMILES string of the molecule is CC(C)(C)NC(=O)c1ccc(NC(=O)[C@@H]2CCC(=O)N2)cc1. The van der Waals surface area contributed by atoms with E-state index in [4.69, 9.17) is 0 Å². The normalized spacial score (nSPS) is 17.8. The van der Waals surface area contributed by atoms with E-state index in [0.29, 0.717) is 24.1 Å². The van der Waals surface area contributed by atoms with Crippen LogP contribution in [-0.4, -0.2) is 29.3 Å². The van der Waals surface area contributed by atoms with Crippen LogP contribution in [0, 0.1) is 0 Å². The van der Waals surface area contributed by atoms with E-state index >= 15 is 0 Å². The number of nitrogens with one attached hydrogen (secondary N) is 3. The summed E-state index contributed by atoms with van der Waals surface area (Å²) in [7, 11) is 0. The van der Waals surface area contributed by atoms with Crippen LogP contribution in [0.5, 0.6) is 0 Å². The predicted molar refractivity (Wildman–Crippen MR) is 83.5 cm³/mol. The zero-order valence-electron chi connectivity index (χ0n) is 13.0. The van der Waals surface area contributed by atoms with Gasteiger partial charge in [-0.1, -0.05) is 0 Å². The molecule has 1 aromatic rings. The van der Waals surface area contributed by atoms with Crippen molar-refractivity contribution < 1.29 is 14.4 Å². The van der Waals surface area contributed by atoms with Crippen LogP contribution in [0.2, 0.25) is 0 Å². The zero-order valence-corrected chi connectivity index (χ0v) is 13.0. The smallest absolute Gasteiger partial charge is 0.251 e. The first-order chi connectivity index (χ1) is 10.2. The van der Waals surface area contributed by atoms with Gasteiger partial charge in [-0.3, -0.25) is 14.4 Å². The summed E-state index contributed by atoms with van der Waals surface area (Å²) in [6, 6.07) is 6.18. The number of carbonyl (C=O) groups excluding carboxylic acids is 3. The maximum absolute atomic E-state index is 12.0. The molecule has 1 heterocycles. The Kier molecular flexibility index (Phi) is 4.49. The number of benzene rings is 1. The van der Waals surface area contributed by atoms with Crippen molar-refractivity contribution in [2.45, 2.75) is 45.2 Å². The molecule has 1 saturated heterocycles. The maximum Gasteiger partial charge on any atom is 0.251 e. The molecule has 0 unspecified atom stereocenters. The second-order valence-corrected chi connectivity index (χ2v) is 6.43. The van der Waals surface area contributed by atoms with Gasteiger partial charge in [-0.15, -0.1) is 0 Å². The van der Waals surface area contributed by atoms with Gasteiger partial charge in [-0.2, -0.15) is 0 Å². The number of amides is 3. The molecule has 0 aromatic heterocycles. The van der Waals surface area contributed by atoms with Gasteiger partial charge in [-0.25, -0.2) is 0 Å². The second-order valence-electron chi connectivity index (χ2n) is 6.43. The maximum atomic E-state index is 12.0. The second kappa shape index (κ2) is 6.17. The molecule has 1 aliphatic rings. The molecule has 0 saturated carbocycles. The topological polar surface area (TPSA) is 87.3 Å². The molecule has 0 spiro atoms. The van der Waals surface area contributed by atoms with E-state index in [9.17, 15) is 14.4 Å². The van der Waals surface area contributed by atoms with Crippen LogP contribution >= 0.6 is 0 Å². The third-order valence-corrected chi connectivity index (χ3v) is 3.21. The van der Waals surface area contributed by atoms with Crippen molar-refractivity contribution in [2.75, 3.05) is 5.32 Å². The first-order valence-electron chi connectivity index (χ1n) is 7.27. The molecule has 118 valence electrons.